The Bertz CT molecular complexity index is 1120. The summed E-state index contributed by atoms with van der Waals surface area (Å²) in [6.07, 6.45) is 9.35. The van der Waals surface area contributed by atoms with Gasteiger partial charge in [-0.1, -0.05) is 38.5 Å². The molecule has 5 nitrogen and oxygen atoms in total. The predicted octanol–water partition coefficient (Wildman–Crippen LogP) is 7.01. The minimum absolute atomic E-state index is 0.00299. The second kappa shape index (κ2) is 10.9. The summed E-state index contributed by atoms with van der Waals surface area (Å²) in [6, 6.07) is 14.0. The zero-order valence-corrected chi connectivity index (χ0v) is 22.5. The van der Waals surface area contributed by atoms with Gasteiger partial charge < -0.3 is 14.2 Å². The molecule has 0 bridgehead atoms. The Kier molecular flexibility index (Phi) is 7.60. The van der Waals surface area contributed by atoms with E-state index in [1.54, 1.807) is 12.1 Å². The molecule has 5 atom stereocenters. The maximum Gasteiger partial charge on any atom is 0.337 e. The van der Waals surface area contributed by atoms with Crippen LogP contribution in [0.1, 0.15) is 98.2 Å². The van der Waals surface area contributed by atoms with Crippen LogP contribution in [0, 0.1) is 17.3 Å². The normalized spacial score (nSPS) is 28.0. The van der Waals surface area contributed by atoms with E-state index in [0.717, 1.165) is 43.4 Å². The average Bonchev–Trinajstić information content (AvgIpc) is 3.26. The van der Waals surface area contributed by atoms with Gasteiger partial charge in [0.15, 0.2) is 0 Å². The van der Waals surface area contributed by atoms with Crippen molar-refractivity contribution < 1.29 is 23.8 Å². The van der Waals surface area contributed by atoms with Gasteiger partial charge in [0, 0.05) is 11.8 Å². The molecule has 2 fully saturated rings. The smallest absolute Gasteiger partial charge is 0.337 e. The van der Waals surface area contributed by atoms with Crippen molar-refractivity contribution in [3.63, 3.8) is 0 Å². The number of benzene rings is 2. The summed E-state index contributed by atoms with van der Waals surface area (Å²) in [5.74, 6) is 2.46. The number of fused-ring (bicyclic) bond motifs is 5. The summed E-state index contributed by atoms with van der Waals surface area (Å²) in [5.41, 5.74) is 4.59. The average molecular weight is 505 g/mol. The van der Waals surface area contributed by atoms with Crippen LogP contribution in [0.25, 0.3) is 0 Å². The molecule has 198 valence electrons. The highest BCUT2D eigenvalue weighted by molar-refractivity contribution is 5.89. The van der Waals surface area contributed by atoms with Crippen LogP contribution >= 0.6 is 0 Å². The molecule has 0 unspecified atom stereocenters. The Morgan fingerprint density at radius 2 is 1.84 bits per heavy atom. The van der Waals surface area contributed by atoms with Gasteiger partial charge in [-0.2, -0.15) is 0 Å². The topological polar surface area (TPSA) is 61.8 Å². The lowest BCUT2D eigenvalue weighted by atomic mass is 9.55. The first-order valence-electron chi connectivity index (χ1n) is 14.0. The van der Waals surface area contributed by atoms with Gasteiger partial charge in [0.1, 0.15) is 18.5 Å². The zero-order valence-electron chi connectivity index (χ0n) is 22.5. The van der Waals surface area contributed by atoms with E-state index in [9.17, 15) is 9.59 Å². The van der Waals surface area contributed by atoms with Crippen LogP contribution in [0.2, 0.25) is 0 Å². The molecule has 0 heterocycles. The van der Waals surface area contributed by atoms with E-state index >= 15 is 0 Å². The lowest BCUT2D eigenvalue weighted by Crippen LogP contribution is -2.45. The Morgan fingerprint density at radius 1 is 1.03 bits per heavy atom. The molecule has 3 aliphatic rings. The third-order valence-electron chi connectivity index (χ3n) is 9.40. The van der Waals surface area contributed by atoms with E-state index in [1.807, 2.05) is 12.1 Å². The van der Waals surface area contributed by atoms with Crippen molar-refractivity contribution in [1.29, 1.82) is 0 Å². The van der Waals surface area contributed by atoms with E-state index in [0.29, 0.717) is 36.3 Å². The molecule has 2 aromatic carbocycles. The van der Waals surface area contributed by atoms with E-state index in [2.05, 4.69) is 32.0 Å². The number of methoxy groups -OCH3 is 1. The van der Waals surface area contributed by atoms with E-state index in [1.165, 1.54) is 37.5 Å². The summed E-state index contributed by atoms with van der Waals surface area (Å²) in [7, 11) is 1.39. The minimum Gasteiger partial charge on any atom is -0.489 e. The molecule has 2 saturated carbocycles. The van der Waals surface area contributed by atoms with E-state index in [4.69, 9.17) is 14.2 Å². The van der Waals surface area contributed by atoms with Crippen molar-refractivity contribution in [3.05, 3.63) is 64.7 Å². The number of aryl methyl sites for hydroxylation is 1. The molecule has 37 heavy (non-hydrogen) atoms. The number of esters is 2. The molecule has 0 radical (unpaired) electrons. The fourth-order valence-electron chi connectivity index (χ4n) is 7.35. The highest BCUT2D eigenvalue weighted by Gasteiger charge is 2.56. The Morgan fingerprint density at radius 3 is 2.59 bits per heavy atom. The van der Waals surface area contributed by atoms with Crippen molar-refractivity contribution in [3.8, 4) is 5.75 Å². The quantitative estimate of drug-likeness (QED) is 0.362. The number of carbonyl (C=O) groups is 2. The Balaban J connectivity index is 1.23. The molecule has 0 aromatic heterocycles. The molecule has 0 saturated heterocycles. The third-order valence-corrected chi connectivity index (χ3v) is 9.40. The second-order valence-electron chi connectivity index (χ2n) is 11.5. The van der Waals surface area contributed by atoms with Gasteiger partial charge in [0.25, 0.3) is 0 Å². The molecule has 0 amide bonds. The highest BCUT2D eigenvalue weighted by atomic mass is 16.5. The number of hydrogen-bond acceptors (Lipinski definition) is 5. The summed E-state index contributed by atoms with van der Waals surface area (Å²) < 4.78 is 16.9. The molecule has 5 heteroatoms. The van der Waals surface area contributed by atoms with Gasteiger partial charge in [0.05, 0.1) is 12.7 Å². The van der Waals surface area contributed by atoms with Crippen LogP contribution in [0.4, 0.5) is 0 Å². The van der Waals surface area contributed by atoms with Crippen molar-refractivity contribution in [1.82, 2.24) is 0 Å². The number of rotatable bonds is 8. The third kappa shape index (κ3) is 5.15. The Hall–Kier alpha value is -2.82. The highest BCUT2D eigenvalue weighted by Crippen LogP contribution is 2.61. The summed E-state index contributed by atoms with van der Waals surface area (Å²) >= 11 is 0. The van der Waals surface area contributed by atoms with Gasteiger partial charge >= 0.3 is 11.9 Å². The summed E-state index contributed by atoms with van der Waals surface area (Å²) in [5, 5.41) is 0. The van der Waals surface area contributed by atoms with Crippen LogP contribution < -0.4 is 4.74 Å². The standard InChI is InChI=1S/C32H40O5/c1-4-5-6-30(33)37-29-16-15-28-27-13-11-23-19-24(12-14-25(23)26(27)17-18-32(28,29)2)36-20-21-7-9-22(10-8-21)31(34)35-3/h7-10,12,14,19,26-29H,4-6,11,13,15-18,20H2,1-3H3/t26-,27-,28+,29+,32-/m0/s1. The summed E-state index contributed by atoms with van der Waals surface area (Å²) in [6.45, 7) is 4.97. The van der Waals surface area contributed by atoms with Crippen molar-refractivity contribution in [2.45, 2.75) is 90.3 Å². The van der Waals surface area contributed by atoms with Crippen molar-refractivity contribution >= 4 is 11.9 Å². The molecule has 2 aromatic rings. The second-order valence-corrected chi connectivity index (χ2v) is 11.5. The Labute approximate surface area is 220 Å². The van der Waals surface area contributed by atoms with Gasteiger partial charge in [-0.25, -0.2) is 4.79 Å². The molecule has 0 aliphatic heterocycles. The molecular weight excluding hydrogens is 464 g/mol. The predicted molar refractivity (Wildman–Crippen MR) is 143 cm³/mol. The molecule has 3 aliphatic carbocycles. The maximum atomic E-state index is 12.4. The number of hydrogen-bond donors (Lipinski definition) is 0. The lowest BCUT2D eigenvalue weighted by Gasteiger charge is -2.50. The maximum absolute atomic E-state index is 12.4. The SMILES string of the molecule is CCCCC(=O)O[C@@H]1CC[C@@H]2[C@H]3CCc4cc(OCc5ccc(C(=O)OC)cc5)ccc4[C@@H]3CC[C@@]21C. The van der Waals surface area contributed by atoms with Crippen LogP contribution in [-0.2, 0) is 27.3 Å². The zero-order chi connectivity index (χ0) is 26.0. The van der Waals surface area contributed by atoms with Crippen molar-refractivity contribution in [2.75, 3.05) is 7.11 Å². The van der Waals surface area contributed by atoms with Gasteiger partial charge in [-0.3, -0.25) is 4.79 Å². The number of ether oxygens (including phenoxy) is 3. The molecule has 5 rings (SSSR count). The van der Waals surface area contributed by atoms with Crippen LogP contribution in [-0.4, -0.2) is 25.2 Å². The molecule has 0 spiro atoms. The van der Waals surface area contributed by atoms with Gasteiger partial charge in [0.2, 0.25) is 0 Å². The lowest BCUT2D eigenvalue weighted by molar-refractivity contribution is -0.157. The first-order chi connectivity index (χ1) is 17.9. The number of carbonyl (C=O) groups excluding carboxylic acids is 2. The van der Waals surface area contributed by atoms with Gasteiger partial charge in [-0.05, 0) is 104 Å². The van der Waals surface area contributed by atoms with Crippen LogP contribution in [0.5, 0.6) is 5.75 Å². The molecule has 0 N–H and O–H groups in total. The van der Waals surface area contributed by atoms with E-state index in [-0.39, 0.29) is 23.5 Å². The minimum atomic E-state index is -0.329. The molecular formula is C32H40O5. The van der Waals surface area contributed by atoms with Crippen LogP contribution in [0.15, 0.2) is 42.5 Å². The first kappa shape index (κ1) is 25.8. The fraction of sp³-hybridized carbons (Fsp3) is 0.562. The first-order valence-corrected chi connectivity index (χ1v) is 14.0. The fourth-order valence-corrected chi connectivity index (χ4v) is 7.35. The van der Waals surface area contributed by atoms with Crippen LogP contribution in [0.3, 0.4) is 0 Å². The summed E-state index contributed by atoms with van der Waals surface area (Å²) in [4.78, 5) is 24.0. The van der Waals surface area contributed by atoms with E-state index < -0.39 is 0 Å². The monoisotopic (exact) mass is 504 g/mol. The number of unbranched alkanes of at least 4 members (excludes halogenated alkanes) is 1. The van der Waals surface area contributed by atoms with Crippen molar-refractivity contribution in [2.24, 2.45) is 17.3 Å². The largest absolute Gasteiger partial charge is 0.489 e. The van der Waals surface area contributed by atoms with Gasteiger partial charge in [-0.15, -0.1) is 0 Å².